The number of nitrogens with one attached hydrogen (secondary N) is 4. The Morgan fingerprint density at radius 3 is 2.54 bits per heavy atom. The molecule has 56 heavy (non-hydrogen) atoms. The van der Waals surface area contributed by atoms with Gasteiger partial charge in [-0.15, -0.1) is 0 Å². The number of amides is 3. The number of aliphatic hydroxyl groups excluding tert-OH is 2. The maximum absolute atomic E-state index is 14.1. The summed E-state index contributed by atoms with van der Waals surface area (Å²) in [6.07, 6.45) is 3.16. The molecule has 0 aromatic heterocycles. The molecular weight excluding hydrogens is 749 g/mol. The van der Waals surface area contributed by atoms with E-state index in [1.54, 1.807) is 6.92 Å². The number of carbonyl (C=O) groups excluding carboxylic acids is 5. The fourth-order valence-corrected chi connectivity index (χ4v) is 11.1. The normalized spacial score (nSPS) is 34.0. The number of allylic oxidation sites excluding steroid dienone is 1. The van der Waals surface area contributed by atoms with Crippen LogP contribution in [-0.4, -0.2) is 135 Å². The van der Waals surface area contributed by atoms with E-state index < -0.39 is 58.5 Å². The van der Waals surface area contributed by atoms with Crippen LogP contribution < -0.4 is 21.3 Å². The molecule has 0 aromatic carbocycles. The number of methoxy groups -OCH3 is 1. The number of ketones is 1. The quantitative estimate of drug-likeness (QED) is 0.0503. The summed E-state index contributed by atoms with van der Waals surface area (Å²) in [4.78, 5) is 63.7. The second kappa shape index (κ2) is 17.9. The topological polar surface area (TPSA) is 220 Å². The molecule has 4 unspecified atom stereocenters. The van der Waals surface area contributed by atoms with Crippen molar-refractivity contribution in [2.75, 3.05) is 59.0 Å². The predicted molar refractivity (Wildman–Crippen MR) is 203 cm³/mol. The van der Waals surface area contributed by atoms with Gasteiger partial charge in [-0.2, -0.15) is 11.8 Å². The molecule has 3 saturated heterocycles. The fourth-order valence-electron chi connectivity index (χ4n) is 9.54. The smallest absolute Gasteiger partial charge is 0.340 e. The van der Waals surface area contributed by atoms with Crippen molar-refractivity contribution >= 4 is 41.4 Å². The van der Waals surface area contributed by atoms with Crippen LogP contribution in [0.2, 0.25) is 0 Å². The summed E-state index contributed by atoms with van der Waals surface area (Å²) in [6.45, 7) is 6.76. The summed E-state index contributed by atoms with van der Waals surface area (Å²) >= 11 is 1.87. The first-order valence-electron chi connectivity index (χ1n) is 19.6. The lowest BCUT2D eigenvalue weighted by molar-refractivity contribution is -0.160. The van der Waals surface area contributed by atoms with E-state index in [-0.39, 0.29) is 61.3 Å². The van der Waals surface area contributed by atoms with Crippen LogP contribution in [0.25, 0.3) is 0 Å². The fraction of sp³-hybridized carbons (Fsp3) is 0.718. The van der Waals surface area contributed by atoms with E-state index in [2.05, 4.69) is 21.3 Å². The largest absolute Gasteiger partial charge is 0.504 e. The Morgan fingerprint density at radius 1 is 1.05 bits per heavy atom. The highest BCUT2D eigenvalue weighted by Crippen LogP contribution is 2.63. The van der Waals surface area contributed by atoms with Crippen LogP contribution in [0.4, 0.5) is 4.79 Å². The average Bonchev–Trinajstić information content (AvgIpc) is 3.80. The molecule has 310 valence electrons. The van der Waals surface area contributed by atoms with Crippen LogP contribution in [-0.2, 0) is 42.9 Å². The molecule has 17 heteroatoms. The number of aliphatic hydroxyl groups is 2. The van der Waals surface area contributed by atoms with Gasteiger partial charge in [0.15, 0.2) is 5.76 Å². The third kappa shape index (κ3) is 8.33. The predicted octanol–water partition coefficient (Wildman–Crippen LogP) is 1.72. The third-order valence-electron chi connectivity index (χ3n) is 12.3. The molecule has 0 aromatic rings. The molecule has 9 atom stereocenters. The summed E-state index contributed by atoms with van der Waals surface area (Å²) in [6, 6.07) is 0.297. The Labute approximate surface area is 331 Å². The lowest BCUT2D eigenvalue weighted by atomic mass is 9.53. The molecular formula is C39H56N4O12S. The number of fused-ring (bicyclic) bond motifs is 5. The van der Waals surface area contributed by atoms with Crippen molar-refractivity contribution in [3.8, 4) is 0 Å². The monoisotopic (exact) mass is 804 g/mol. The Kier molecular flexibility index (Phi) is 13.4. The van der Waals surface area contributed by atoms with Crippen molar-refractivity contribution in [3.05, 3.63) is 34.3 Å². The highest BCUT2D eigenvalue weighted by atomic mass is 32.2. The first-order chi connectivity index (χ1) is 26.8. The van der Waals surface area contributed by atoms with Gasteiger partial charge in [0.1, 0.15) is 12.2 Å². The highest BCUT2D eigenvalue weighted by molar-refractivity contribution is 8.00. The minimum absolute atomic E-state index is 0.0207. The van der Waals surface area contributed by atoms with Gasteiger partial charge < -0.3 is 55.2 Å². The number of carbonyl (C=O) groups is 5. The standard InChI is InChI=1S/C39H56N4O12S/c1-21(44)54-25-17-38(2)23(9-10-27(38)45)30-32(25)39(3)28(19-51-4)55-36(49)22(31(39)35(48)34(30)47)18-40-11-13-52-15-16-53-14-12-41-29(46)8-6-5-7-26-33-24(20-56-26)42-37(50)43-33/h18,23-28,33,40,45,48H,5-17,19-20H2,1-4H3,(H,41,46)(H2,42,43,50)/b22-18-/t23?,24?,25-,26?,27+,28-,33?,38+,39+/m1/s1. The van der Waals surface area contributed by atoms with E-state index in [0.29, 0.717) is 62.0 Å². The maximum atomic E-state index is 14.1. The summed E-state index contributed by atoms with van der Waals surface area (Å²) in [7, 11) is 1.46. The van der Waals surface area contributed by atoms with E-state index in [9.17, 15) is 34.2 Å². The number of ether oxygens (including phenoxy) is 5. The number of thioether (sulfide) groups is 1. The maximum Gasteiger partial charge on any atom is 0.340 e. The van der Waals surface area contributed by atoms with Gasteiger partial charge in [0.05, 0.1) is 62.2 Å². The molecule has 3 amide bonds. The minimum Gasteiger partial charge on any atom is -0.504 e. The van der Waals surface area contributed by atoms with Gasteiger partial charge in [0, 0.05) is 67.3 Å². The van der Waals surface area contributed by atoms with E-state index in [1.807, 2.05) is 18.7 Å². The molecule has 0 spiro atoms. The van der Waals surface area contributed by atoms with E-state index >= 15 is 0 Å². The first kappa shape index (κ1) is 42.0. The minimum atomic E-state index is -1.29. The number of hydrogen-bond donors (Lipinski definition) is 6. The molecule has 3 heterocycles. The van der Waals surface area contributed by atoms with Crippen molar-refractivity contribution in [2.45, 2.75) is 101 Å². The molecule has 3 aliphatic carbocycles. The van der Waals surface area contributed by atoms with Crippen LogP contribution in [0.5, 0.6) is 0 Å². The molecule has 6 rings (SSSR count). The van der Waals surface area contributed by atoms with E-state index in [0.717, 1.165) is 25.0 Å². The third-order valence-corrected chi connectivity index (χ3v) is 13.8. The Bertz CT molecular complexity index is 1650. The zero-order valence-electron chi connectivity index (χ0n) is 32.6. The SMILES string of the molecule is COC[C@H]1OC(=O)/C(=C\NCCOCCOCCNC(=O)CCCCC2SCC3NC(=O)NC32)C2=C(O)C(=O)C3=C([C@H](OC(C)=O)C[C@@]4(C)C3CC[C@@H]4O)[C@]21C. The number of esters is 2. The highest BCUT2D eigenvalue weighted by Gasteiger charge is 2.64. The van der Waals surface area contributed by atoms with Crippen molar-refractivity contribution in [1.29, 1.82) is 0 Å². The summed E-state index contributed by atoms with van der Waals surface area (Å²) < 4.78 is 28.5. The molecule has 6 N–H and O–H groups in total. The van der Waals surface area contributed by atoms with Gasteiger partial charge in [-0.1, -0.05) is 13.3 Å². The molecule has 16 nitrogen and oxygen atoms in total. The zero-order chi connectivity index (χ0) is 40.2. The van der Waals surface area contributed by atoms with Crippen LogP contribution >= 0.6 is 11.8 Å². The molecule has 6 aliphatic rings. The van der Waals surface area contributed by atoms with Gasteiger partial charge in [0.25, 0.3) is 0 Å². The van der Waals surface area contributed by atoms with Gasteiger partial charge in [-0.05, 0) is 50.5 Å². The van der Waals surface area contributed by atoms with Crippen LogP contribution in [0.15, 0.2) is 34.3 Å². The van der Waals surface area contributed by atoms with E-state index in [1.165, 1.54) is 20.2 Å². The second-order valence-corrected chi connectivity index (χ2v) is 17.1. The van der Waals surface area contributed by atoms with Crippen LogP contribution in [0, 0.1) is 16.7 Å². The lowest BCUT2D eigenvalue weighted by Gasteiger charge is -2.54. The Morgan fingerprint density at radius 2 is 1.80 bits per heavy atom. The number of Topliss-reactive ketones (excluding diaryl/α,β-unsaturated/α-hetero) is 1. The number of unbranched alkanes of at least 4 members (excludes halogenated alkanes) is 1. The van der Waals surface area contributed by atoms with Crippen LogP contribution in [0.3, 0.4) is 0 Å². The molecule has 1 saturated carbocycles. The number of rotatable bonds is 18. The first-order valence-corrected chi connectivity index (χ1v) is 20.7. The Balaban J connectivity index is 0.958. The second-order valence-electron chi connectivity index (χ2n) is 15.8. The summed E-state index contributed by atoms with van der Waals surface area (Å²) in [5, 5.41) is 34.9. The van der Waals surface area contributed by atoms with E-state index in [4.69, 9.17) is 23.7 Å². The zero-order valence-corrected chi connectivity index (χ0v) is 33.4. The number of hydrogen-bond acceptors (Lipinski definition) is 14. The molecule has 4 fully saturated rings. The van der Waals surface area contributed by atoms with Gasteiger partial charge in [-0.25, -0.2) is 9.59 Å². The number of urea groups is 1. The number of cyclic esters (lactones) is 1. The molecule has 3 aliphatic heterocycles. The Hall–Kier alpha value is -3.64. The van der Waals surface area contributed by atoms with Crippen LogP contribution in [0.1, 0.15) is 65.7 Å². The van der Waals surface area contributed by atoms with Crippen molar-refractivity contribution in [3.63, 3.8) is 0 Å². The summed E-state index contributed by atoms with van der Waals surface area (Å²) in [5.41, 5.74) is -1.24. The van der Waals surface area contributed by atoms with Gasteiger partial charge in [0.2, 0.25) is 11.7 Å². The lowest BCUT2D eigenvalue weighted by Crippen LogP contribution is -2.57. The van der Waals surface area contributed by atoms with Crippen molar-refractivity contribution in [2.24, 2.45) is 16.7 Å². The van der Waals surface area contributed by atoms with Gasteiger partial charge >= 0.3 is 18.0 Å². The van der Waals surface area contributed by atoms with Crippen molar-refractivity contribution < 1.29 is 57.9 Å². The van der Waals surface area contributed by atoms with Crippen molar-refractivity contribution in [1.82, 2.24) is 21.3 Å². The molecule has 0 bridgehead atoms. The average molecular weight is 805 g/mol. The molecule has 0 radical (unpaired) electrons. The summed E-state index contributed by atoms with van der Waals surface area (Å²) in [5.74, 6) is -2.04. The van der Waals surface area contributed by atoms with Gasteiger partial charge in [-0.3, -0.25) is 14.4 Å².